The van der Waals surface area contributed by atoms with Gasteiger partial charge in [-0.25, -0.2) is 4.79 Å². The van der Waals surface area contributed by atoms with Crippen molar-refractivity contribution in [3.05, 3.63) is 0 Å². The largest absolute Gasteiger partial charge is 0.464 e. The zero-order valence-corrected chi connectivity index (χ0v) is 12.5. The topological polar surface area (TPSA) is 72.6 Å². The number of nitrogens with two attached hydrogens (primary N) is 1. The first kappa shape index (κ1) is 15.3. The number of rotatable bonds is 3. The maximum Gasteiger partial charge on any atom is 0.332 e. The molecule has 1 heterocycles. The van der Waals surface area contributed by atoms with Crippen LogP contribution in [0, 0.1) is 11.8 Å². The second-order valence-corrected chi connectivity index (χ2v) is 6.04. The van der Waals surface area contributed by atoms with Crippen LogP contribution in [0.5, 0.6) is 0 Å². The molecule has 4 unspecified atom stereocenters. The maximum atomic E-state index is 12.5. The van der Waals surface area contributed by atoms with Crippen LogP contribution < -0.4 is 5.73 Å². The molecule has 114 valence electrons. The summed E-state index contributed by atoms with van der Waals surface area (Å²) in [6.45, 7) is 4.96. The molecule has 2 N–H and O–H groups in total. The van der Waals surface area contributed by atoms with Gasteiger partial charge >= 0.3 is 5.97 Å². The number of hydrogen-bond donors (Lipinski definition) is 1. The lowest BCUT2D eigenvalue weighted by atomic mass is 9.72. The second kappa shape index (κ2) is 6.57. The number of nitrogens with zero attached hydrogens (tertiary/aromatic N) is 1. The molecule has 1 amide bonds. The predicted molar refractivity (Wildman–Crippen MR) is 75.8 cm³/mol. The van der Waals surface area contributed by atoms with Gasteiger partial charge in [0.25, 0.3) is 5.91 Å². The van der Waals surface area contributed by atoms with Gasteiger partial charge in [0.15, 0.2) is 6.04 Å². The Kier molecular flexibility index (Phi) is 5.02. The molecule has 0 aromatic rings. The smallest absolute Gasteiger partial charge is 0.332 e. The molecule has 0 aromatic heterocycles. The highest BCUT2D eigenvalue weighted by atomic mass is 16.5. The Hall–Kier alpha value is -1.10. The van der Waals surface area contributed by atoms with Gasteiger partial charge in [-0.15, -0.1) is 0 Å². The molecule has 5 nitrogen and oxygen atoms in total. The fourth-order valence-corrected chi connectivity index (χ4v) is 3.70. The zero-order valence-electron chi connectivity index (χ0n) is 12.5. The summed E-state index contributed by atoms with van der Waals surface area (Å²) in [5.74, 6) is 0.356. The summed E-state index contributed by atoms with van der Waals surface area (Å²) in [5.41, 5.74) is 5.77. The van der Waals surface area contributed by atoms with Crippen molar-refractivity contribution in [1.82, 2.24) is 4.90 Å². The molecular weight excluding hydrogens is 256 g/mol. The molecule has 1 aliphatic carbocycles. The van der Waals surface area contributed by atoms with E-state index in [-0.39, 0.29) is 18.6 Å². The van der Waals surface area contributed by atoms with Crippen LogP contribution in [0.15, 0.2) is 0 Å². The van der Waals surface area contributed by atoms with Crippen LogP contribution in [0.2, 0.25) is 0 Å². The lowest BCUT2D eigenvalue weighted by Gasteiger charge is -2.47. The monoisotopic (exact) mass is 282 g/mol. The normalized spacial score (nSPS) is 31.4. The van der Waals surface area contributed by atoms with Crippen molar-refractivity contribution in [2.75, 3.05) is 13.2 Å². The van der Waals surface area contributed by atoms with Crippen molar-refractivity contribution in [3.8, 4) is 0 Å². The second-order valence-electron chi connectivity index (χ2n) is 6.04. The minimum absolute atomic E-state index is 0.253. The van der Waals surface area contributed by atoms with E-state index in [0.717, 1.165) is 19.3 Å². The van der Waals surface area contributed by atoms with E-state index in [4.69, 9.17) is 10.5 Å². The van der Waals surface area contributed by atoms with Gasteiger partial charge in [0, 0.05) is 12.6 Å². The summed E-state index contributed by atoms with van der Waals surface area (Å²) in [6, 6.07) is -0.897. The first-order valence-electron chi connectivity index (χ1n) is 7.79. The summed E-state index contributed by atoms with van der Waals surface area (Å²) in [4.78, 5) is 26.0. The summed E-state index contributed by atoms with van der Waals surface area (Å²) < 4.78 is 4.86. The lowest BCUT2D eigenvalue weighted by Crippen LogP contribution is -2.58. The molecule has 5 heteroatoms. The number of likely N-dealkylation sites (tertiary alicyclic amines) is 1. The van der Waals surface area contributed by atoms with E-state index in [2.05, 4.69) is 6.92 Å². The predicted octanol–water partition coefficient (Wildman–Crippen LogP) is 1.30. The number of amides is 1. The van der Waals surface area contributed by atoms with Gasteiger partial charge in [-0.1, -0.05) is 19.8 Å². The van der Waals surface area contributed by atoms with Crippen molar-refractivity contribution in [2.24, 2.45) is 17.6 Å². The van der Waals surface area contributed by atoms with Crippen LogP contribution in [0.1, 0.15) is 46.0 Å². The fraction of sp³-hybridized carbons (Fsp3) is 0.867. The molecule has 20 heavy (non-hydrogen) atoms. The molecule has 1 saturated heterocycles. The van der Waals surface area contributed by atoms with E-state index < -0.39 is 12.0 Å². The minimum Gasteiger partial charge on any atom is -0.464 e. The molecule has 4 atom stereocenters. The third-order valence-corrected chi connectivity index (χ3v) is 4.83. The third-order valence-electron chi connectivity index (χ3n) is 4.83. The minimum atomic E-state index is -1.16. The number of esters is 1. The van der Waals surface area contributed by atoms with Crippen molar-refractivity contribution in [3.63, 3.8) is 0 Å². The number of fused-ring (bicyclic) bond motifs is 1. The number of carbonyl (C=O) groups is 2. The zero-order chi connectivity index (χ0) is 14.7. The first-order valence-corrected chi connectivity index (χ1v) is 7.79. The quantitative estimate of drug-likeness (QED) is 0.625. The van der Waals surface area contributed by atoms with Gasteiger partial charge < -0.3 is 15.4 Å². The molecule has 2 rings (SSSR count). The molecule has 1 saturated carbocycles. The molecular formula is C15H26N2O3. The molecule has 2 fully saturated rings. The van der Waals surface area contributed by atoms with Crippen LogP contribution in [0.25, 0.3) is 0 Å². The number of piperidine rings is 1. The van der Waals surface area contributed by atoms with Crippen molar-refractivity contribution < 1.29 is 14.3 Å². The number of hydrogen-bond acceptors (Lipinski definition) is 4. The van der Waals surface area contributed by atoms with E-state index in [1.165, 1.54) is 12.8 Å². The summed E-state index contributed by atoms with van der Waals surface area (Å²) in [5, 5.41) is 0. The Labute approximate surface area is 120 Å². The van der Waals surface area contributed by atoms with Gasteiger partial charge in [0.05, 0.1) is 6.61 Å². The summed E-state index contributed by atoms with van der Waals surface area (Å²) >= 11 is 0. The molecule has 0 spiro atoms. The number of carbonyl (C=O) groups excluding carboxylic acids is 2. The molecule has 0 aromatic carbocycles. The fourth-order valence-electron chi connectivity index (χ4n) is 3.70. The average molecular weight is 282 g/mol. The van der Waals surface area contributed by atoms with Gasteiger partial charge in [0.1, 0.15) is 0 Å². The Bertz CT molecular complexity index is 372. The molecule has 1 aliphatic heterocycles. The van der Waals surface area contributed by atoms with Crippen LogP contribution in [-0.2, 0) is 14.3 Å². The maximum absolute atomic E-state index is 12.5. The number of ether oxygens (including phenoxy) is 1. The highest BCUT2D eigenvalue weighted by Crippen LogP contribution is 2.38. The molecule has 2 aliphatic rings. The van der Waals surface area contributed by atoms with E-state index in [0.29, 0.717) is 18.4 Å². The Balaban J connectivity index is 2.06. The summed E-state index contributed by atoms with van der Waals surface area (Å²) in [6.07, 6.45) is 5.63. The van der Waals surface area contributed by atoms with Crippen molar-refractivity contribution >= 4 is 11.9 Å². The SMILES string of the molecule is CCOC(=O)C(N)C(=O)N1CCC(C)C2CCCCC21. The van der Waals surface area contributed by atoms with Gasteiger partial charge in [0.2, 0.25) is 0 Å². The van der Waals surface area contributed by atoms with Crippen molar-refractivity contribution in [1.29, 1.82) is 0 Å². The molecule has 0 radical (unpaired) electrons. The third kappa shape index (κ3) is 2.97. The van der Waals surface area contributed by atoms with Crippen LogP contribution in [-0.4, -0.2) is 42.0 Å². The van der Waals surface area contributed by atoms with E-state index in [9.17, 15) is 9.59 Å². The lowest BCUT2D eigenvalue weighted by molar-refractivity contribution is -0.154. The van der Waals surface area contributed by atoms with Gasteiger partial charge in [-0.05, 0) is 38.0 Å². The van der Waals surface area contributed by atoms with E-state index in [1.807, 2.05) is 4.90 Å². The van der Waals surface area contributed by atoms with Gasteiger partial charge in [-0.3, -0.25) is 4.79 Å². The van der Waals surface area contributed by atoms with Crippen LogP contribution in [0.4, 0.5) is 0 Å². The standard InChI is InChI=1S/C15H26N2O3/c1-3-20-15(19)13(16)14(18)17-9-8-10(2)11-6-4-5-7-12(11)17/h10-13H,3-9,16H2,1-2H3. The first-order chi connectivity index (χ1) is 9.56. The van der Waals surface area contributed by atoms with E-state index in [1.54, 1.807) is 6.92 Å². The summed E-state index contributed by atoms with van der Waals surface area (Å²) in [7, 11) is 0. The Morgan fingerprint density at radius 1 is 1.30 bits per heavy atom. The Morgan fingerprint density at radius 3 is 2.70 bits per heavy atom. The molecule has 0 bridgehead atoms. The van der Waals surface area contributed by atoms with Crippen molar-refractivity contribution in [2.45, 2.75) is 58.0 Å². The average Bonchev–Trinajstić information content (AvgIpc) is 2.47. The van der Waals surface area contributed by atoms with E-state index >= 15 is 0 Å². The highest BCUT2D eigenvalue weighted by Gasteiger charge is 2.41. The highest BCUT2D eigenvalue weighted by molar-refractivity contribution is 6.01. The van der Waals surface area contributed by atoms with Gasteiger partial charge in [-0.2, -0.15) is 0 Å². The Morgan fingerprint density at radius 2 is 2.00 bits per heavy atom. The van der Waals surface area contributed by atoms with Crippen LogP contribution in [0.3, 0.4) is 0 Å². The van der Waals surface area contributed by atoms with Crippen LogP contribution >= 0.6 is 0 Å².